The quantitative estimate of drug-likeness (QED) is 0.584. The molecule has 1 N–H and O–H groups in total. The van der Waals surface area contributed by atoms with Crippen molar-refractivity contribution < 1.29 is 4.74 Å². The molecule has 0 radical (unpaired) electrons. The van der Waals surface area contributed by atoms with Gasteiger partial charge in [-0.05, 0) is 37.6 Å². The predicted molar refractivity (Wildman–Crippen MR) is 67.5 cm³/mol. The highest BCUT2D eigenvalue weighted by molar-refractivity contribution is 5.30. The highest BCUT2D eigenvalue weighted by Gasteiger charge is 2.04. The van der Waals surface area contributed by atoms with Crippen LogP contribution in [-0.4, -0.2) is 13.7 Å². The van der Waals surface area contributed by atoms with Crippen LogP contribution in [0, 0.1) is 12.3 Å². The van der Waals surface area contributed by atoms with Crippen LogP contribution in [0.15, 0.2) is 24.3 Å². The van der Waals surface area contributed by atoms with E-state index in [0.29, 0.717) is 6.04 Å². The van der Waals surface area contributed by atoms with Gasteiger partial charge in [-0.25, -0.2) is 0 Å². The zero-order valence-electron chi connectivity index (χ0n) is 9.99. The molecule has 0 heterocycles. The third-order valence-electron chi connectivity index (χ3n) is 2.54. The monoisotopic (exact) mass is 217 g/mol. The van der Waals surface area contributed by atoms with Gasteiger partial charge in [-0.3, -0.25) is 0 Å². The molecule has 0 unspecified atom stereocenters. The van der Waals surface area contributed by atoms with E-state index in [1.54, 1.807) is 7.11 Å². The number of benzene rings is 1. The van der Waals surface area contributed by atoms with Crippen molar-refractivity contribution in [1.82, 2.24) is 5.32 Å². The molecule has 0 aliphatic rings. The summed E-state index contributed by atoms with van der Waals surface area (Å²) in [6.07, 6.45) is 7.05. The molecule has 86 valence electrons. The number of unbranched alkanes of at least 4 members (excludes halogenated alkanes) is 1. The van der Waals surface area contributed by atoms with Gasteiger partial charge in [0, 0.05) is 12.5 Å². The number of hydrogen-bond donors (Lipinski definition) is 1. The van der Waals surface area contributed by atoms with Gasteiger partial charge in [0.15, 0.2) is 0 Å². The molecule has 0 spiro atoms. The van der Waals surface area contributed by atoms with E-state index in [1.807, 2.05) is 12.1 Å². The van der Waals surface area contributed by atoms with Gasteiger partial charge >= 0.3 is 0 Å². The molecule has 1 atom stereocenters. The van der Waals surface area contributed by atoms with Crippen LogP contribution in [0.5, 0.6) is 5.75 Å². The maximum atomic E-state index is 5.20. The first-order valence-corrected chi connectivity index (χ1v) is 5.58. The predicted octanol–water partition coefficient (Wildman–Crippen LogP) is 2.76. The summed E-state index contributed by atoms with van der Waals surface area (Å²) in [4.78, 5) is 0. The van der Waals surface area contributed by atoms with Crippen molar-refractivity contribution in [2.24, 2.45) is 0 Å². The lowest BCUT2D eigenvalue weighted by Crippen LogP contribution is -2.19. The van der Waals surface area contributed by atoms with E-state index in [-0.39, 0.29) is 0 Å². The Bertz CT molecular complexity index is 354. The normalized spacial score (nSPS) is 11.8. The average Bonchev–Trinajstić information content (AvgIpc) is 2.34. The topological polar surface area (TPSA) is 21.3 Å². The first kappa shape index (κ1) is 12.6. The smallest absolute Gasteiger partial charge is 0.119 e. The van der Waals surface area contributed by atoms with Gasteiger partial charge < -0.3 is 10.1 Å². The molecule has 1 aromatic carbocycles. The van der Waals surface area contributed by atoms with Crippen LogP contribution in [-0.2, 0) is 0 Å². The van der Waals surface area contributed by atoms with Gasteiger partial charge in [0.25, 0.3) is 0 Å². The second-order valence-corrected chi connectivity index (χ2v) is 3.76. The molecule has 0 amide bonds. The minimum atomic E-state index is 0.327. The van der Waals surface area contributed by atoms with Gasteiger partial charge in [0.1, 0.15) is 5.75 Å². The molecular weight excluding hydrogens is 198 g/mol. The van der Waals surface area contributed by atoms with Crippen LogP contribution in [0.3, 0.4) is 0 Å². The second-order valence-electron chi connectivity index (χ2n) is 3.76. The summed E-state index contributed by atoms with van der Waals surface area (Å²) >= 11 is 0. The summed E-state index contributed by atoms with van der Waals surface area (Å²) in [6, 6.07) is 8.44. The Hall–Kier alpha value is -1.46. The van der Waals surface area contributed by atoms with Crippen molar-refractivity contribution in [3.63, 3.8) is 0 Å². The molecule has 16 heavy (non-hydrogen) atoms. The zero-order valence-corrected chi connectivity index (χ0v) is 9.99. The standard InChI is InChI=1S/C14H19NO/c1-4-5-6-10-15-12(2)13-8-7-9-14(11-13)16-3/h1,7-9,11-12,15H,5-6,10H2,2-3H3/t12-/m0/s1. The van der Waals surface area contributed by atoms with Crippen molar-refractivity contribution in [1.29, 1.82) is 0 Å². The number of terminal acetylenes is 1. The summed E-state index contributed by atoms with van der Waals surface area (Å²) in [5, 5.41) is 3.43. The van der Waals surface area contributed by atoms with E-state index in [1.165, 1.54) is 5.56 Å². The number of methoxy groups -OCH3 is 1. The first-order valence-electron chi connectivity index (χ1n) is 5.58. The molecule has 0 bridgehead atoms. The SMILES string of the molecule is C#CCCCN[C@@H](C)c1cccc(OC)c1. The molecule has 0 saturated carbocycles. The van der Waals surface area contributed by atoms with E-state index in [2.05, 4.69) is 30.3 Å². The molecule has 1 aromatic rings. The zero-order chi connectivity index (χ0) is 11.8. The Morgan fingerprint density at radius 2 is 2.31 bits per heavy atom. The number of rotatable bonds is 6. The lowest BCUT2D eigenvalue weighted by atomic mass is 10.1. The number of hydrogen-bond acceptors (Lipinski definition) is 2. The molecule has 0 saturated heterocycles. The fourth-order valence-corrected chi connectivity index (χ4v) is 1.54. The summed E-state index contributed by atoms with van der Waals surface area (Å²) in [7, 11) is 1.68. The Balaban J connectivity index is 2.46. The largest absolute Gasteiger partial charge is 0.497 e. The molecule has 1 rings (SSSR count). The molecule has 0 aliphatic heterocycles. The maximum Gasteiger partial charge on any atom is 0.119 e. The van der Waals surface area contributed by atoms with E-state index in [9.17, 15) is 0 Å². The van der Waals surface area contributed by atoms with Crippen LogP contribution >= 0.6 is 0 Å². The van der Waals surface area contributed by atoms with Crippen LogP contribution < -0.4 is 10.1 Å². The second kappa shape index (κ2) is 6.92. The van der Waals surface area contributed by atoms with E-state index in [4.69, 9.17) is 11.2 Å². The van der Waals surface area contributed by atoms with Gasteiger partial charge in [-0.2, -0.15) is 0 Å². The highest BCUT2D eigenvalue weighted by Crippen LogP contribution is 2.18. The van der Waals surface area contributed by atoms with E-state index < -0.39 is 0 Å². The van der Waals surface area contributed by atoms with Crippen molar-refractivity contribution >= 4 is 0 Å². The Labute approximate surface area is 98.0 Å². The van der Waals surface area contributed by atoms with Gasteiger partial charge in [0.2, 0.25) is 0 Å². The first-order chi connectivity index (χ1) is 7.77. The summed E-state index contributed by atoms with van der Waals surface area (Å²) < 4.78 is 5.19. The Morgan fingerprint density at radius 3 is 3.00 bits per heavy atom. The van der Waals surface area contributed by atoms with Crippen molar-refractivity contribution in [3.8, 4) is 18.1 Å². The van der Waals surface area contributed by atoms with Crippen molar-refractivity contribution in [2.45, 2.75) is 25.8 Å². The summed E-state index contributed by atoms with van der Waals surface area (Å²) in [5.41, 5.74) is 1.24. The minimum absolute atomic E-state index is 0.327. The van der Waals surface area contributed by atoms with Crippen LogP contribution in [0.1, 0.15) is 31.4 Å². The van der Waals surface area contributed by atoms with E-state index in [0.717, 1.165) is 25.1 Å². The van der Waals surface area contributed by atoms with Crippen LogP contribution in [0.2, 0.25) is 0 Å². The van der Waals surface area contributed by atoms with Crippen molar-refractivity contribution in [2.75, 3.05) is 13.7 Å². The van der Waals surface area contributed by atoms with E-state index >= 15 is 0 Å². The fourth-order valence-electron chi connectivity index (χ4n) is 1.54. The summed E-state index contributed by atoms with van der Waals surface area (Å²) in [6.45, 7) is 3.09. The molecule has 2 heteroatoms. The summed E-state index contributed by atoms with van der Waals surface area (Å²) in [5.74, 6) is 3.54. The van der Waals surface area contributed by atoms with Crippen LogP contribution in [0.4, 0.5) is 0 Å². The maximum absolute atomic E-state index is 5.20. The lowest BCUT2D eigenvalue weighted by Gasteiger charge is -2.14. The van der Waals surface area contributed by atoms with Crippen LogP contribution in [0.25, 0.3) is 0 Å². The fraction of sp³-hybridized carbons (Fsp3) is 0.429. The minimum Gasteiger partial charge on any atom is -0.497 e. The molecule has 0 aliphatic carbocycles. The average molecular weight is 217 g/mol. The Morgan fingerprint density at radius 1 is 1.50 bits per heavy atom. The van der Waals surface area contributed by atoms with Gasteiger partial charge in [-0.1, -0.05) is 12.1 Å². The molecule has 2 nitrogen and oxygen atoms in total. The number of ether oxygens (including phenoxy) is 1. The van der Waals surface area contributed by atoms with Gasteiger partial charge in [-0.15, -0.1) is 12.3 Å². The number of nitrogens with one attached hydrogen (secondary N) is 1. The molecule has 0 fully saturated rings. The highest BCUT2D eigenvalue weighted by atomic mass is 16.5. The van der Waals surface area contributed by atoms with Gasteiger partial charge in [0.05, 0.1) is 7.11 Å². The lowest BCUT2D eigenvalue weighted by molar-refractivity contribution is 0.413. The molecule has 0 aromatic heterocycles. The van der Waals surface area contributed by atoms with Crippen molar-refractivity contribution in [3.05, 3.63) is 29.8 Å². The third kappa shape index (κ3) is 3.96. The third-order valence-corrected chi connectivity index (χ3v) is 2.54. The molecular formula is C14H19NO. The Kier molecular flexibility index (Phi) is 5.45.